The van der Waals surface area contributed by atoms with Gasteiger partial charge in [-0.25, -0.2) is 0 Å². The first-order valence-corrected chi connectivity index (χ1v) is 6.07. The Morgan fingerprint density at radius 2 is 2.33 bits per heavy atom. The van der Waals surface area contributed by atoms with Gasteiger partial charge < -0.3 is 10.8 Å². The number of carboxylic acid groups (broad SMARTS) is 1. The van der Waals surface area contributed by atoms with Crippen molar-refractivity contribution in [2.75, 3.05) is 6.54 Å². The molecule has 1 unspecified atom stereocenters. The molecule has 0 fully saturated rings. The van der Waals surface area contributed by atoms with Crippen LogP contribution in [0, 0.1) is 5.92 Å². The number of carboxylic acids is 1. The number of hydrogen-bond donors (Lipinski definition) is 2. The Kier molecular flexibility index (Phi) is 5.36. The lowest BCUT2D eigenvalue weighted by Crippen LogP contribution is -2.16. The van der Waals surface area contributed by atoms with Crippen molar-refractivity contribution in [1.82, 2.24) is 0 Å². The van der Waals surface area contributed by atoms with Crippen LogP contribution >= 0.6 is 11.3 Å². The Bertz CT molecular complexity index is 285. The van der Waals surface area contributed by atoms with Crippen LogP contribution in [0.5, 0.6) is 0 Å². The van der Waals surface area contributed by atoms with Gasteiger partial charge in [-0.05, 0) is 37.3 Å². The first kappa shape index (κ1) is 12.2. The molecule has 1 heterocycles. The van der Waals surface area contributed by atoms with Crippen molar-refractivity contribution in [3.05, 3.63) is 22.4 Å². The number of nitrogens with two attached hydrogens (primary N) is 1. The van der Waals surface area contributed by atoms with Gasteiger partial charge in [-0.15, -0.1) is 11.3 Å². The highest BCUT2D eigenvalue weighted by molar-refractivity contribution is 7.09. The van der Waals surface area contributed by atoms with E-state index in [4.69, 9.17) is 10.8 Å². The Balaban J connectivity index is 2.40. The maximum Gasteiger partial charge on any atom is 0.306 e. The molecule has 1 aromatic heterocycles. The van der Waals surface area contributed by atoms with Gasteiger partial charge in [-0.1, -0.05) is 12.5 Å². The van der Waals surface area contributed by atoms with Gasteiger partial charge in [-0.3, -0.25) is 4.79 Å². The van der Waals surface area contributed by atoms with Gasteiger partial charge in [0.15, 0.2) is 0 Å². The summed E-state index contributed by atoms with van der Waals surface area (Å²) < 4.78 is 0. The average molecular weight is 227 g/mol. The van der Waals surface area contributed by atoms with Gasteiger partial charge in [0.2, 0.25) is 0 Å². The lowest BCUT2D eigenvalue weighted by atomic mass is 9.98. The van der Waals surface area contributed by atoms with E-state index >= 15 is 0 Å². The molecular formula is C11H17NO2S. The first-order valence-electron chi connectivity index (χ1n) is 5.19. The van der Waals surface area contributed by atoms with E-state index in [1.165, 1.54) is 0 Å². The van der Waals surface area contributed by atoms with Crippen LogP contribution in [0.1, 0.15) is 24.1 Å². The molecule has 0 aliphatic heterocycles. The van der Waals surface area contributed by atoms with E-state index in [1.807, 2.05) is 17.5 Å². The molecule has 0 aliphatic carbocycles. The fourth-order valence-electron chi connectivity index (χ4n) is 1.52. The molecule has 0 amide bonds. The molecule has 1 aromatic rings. The van der Waals surface area contributed by atoms with Crippen molar-refractivity contribution in [3.8, 4) is 0 Å². The molecular weight excluding hydrogens is 210 g/mol. The Hall–Kier alpha value is -0.870. The summed E-state index contributed by atoms with van der Waals surface area (Å²) in [6.45, 7) is 0.644. The van der Waals surface area contributed by atoms with Gasteiger partial charge >= 0.3 is 5.97 Å². The topological polar surface area (TPSA) is 63.3 Å². The standard InChI is InChI=1S/C11H17NO2S/c12-6-2-1-4-9(11(13)14)8-10-5-3-7-15-10/h3,5,7,9H,1-2,4,6,8,12H2,(H,13,14). The Morgan fingerprint density at radius 1 is 1.53 bits per heavy atom. The average Bonchev–Trinajstić information content (AvgIpc) is 2.69. The second-order valence-electron chi connectivity index (χ2n) is 3.60. The SMILES string of the molecule is NCCCCC(Cc1cccs1)C(=O)O. The monoisotopic (exact) mass is 227 g/mol. The summed E-state index contributed by atoms with van der Waals surface area (Å²) in [4.78, 5) is 12.1. The number of thiophene rings is 1. The van der Waals surface area contributed by atoms with Gasteiger partial charge in [-0.2, -0.15) is 0 Å². The van der Waals surface area contributed by atoms with Crippen molar-refractivity contribution >= 4 is 17.3 Å². The predicted molar refractivity (Wildman–Crippen MR) is 62.1 cm³/mol. The van der Waals surface area contributed by atoms with Crippen LogP contribution in [0.25, 0.3) is 0 Å². The zero-order valence-corrected chi connectivity index (χ0v) is 9.50. The molecule has 0 bridgehead atoms. The lowest BCUT2D eigenvalue weighted by Gasteiger charge is -2.10. The van der Waals surface area contributed by atoms with E-state index in [9.17, 15) is 4.79 Å². The molecule has 0 radical (unpaired) electrons. The molecule has 0 aliphatic rings. The quantitative estimate of drug-likeness (QED) is 0.701. The van der Waals surface area contributed by atoms with Crippen LogP contribution in [0.15, 0.2) is 17.5 Å². The van der Waals surface area contributed by atoms with Crippen LogP contribution in [0.2, 0.25) is 0 Å². The maximum absolute atomic E-state index is 11.0. The van der Waals surface area contributed by atoms with Crippen LogP contribution in [-0.2, 0) is 11.2 Å². The summed E-state index contributed by atoms with van der Waals surface area (Å²) in [7, 11) is 0. The minimum Gasteiger partial charge on any atom is -0.481 e. The minimum atomic E-state index is -0.694. The third-order valence-corrected chi connectivity index (χ3v) is 3.28. The van der Waals surface area contributed by atoms with Crippen LogP contribution in [-0.4, -0.2) is 17.6 Å². The van der Waals surface area contributed by atoms with Crippen LogP contribution in [0.4, 0.5) is 0 Å². The molecule has 3 N–H and O–H groups in total. The van der Waals surface area contributed by atoms with E-state index in [2.05, 4.69) is 0 Å². The molecule has 0 saturated heterocycles. The van der Waals surface area contributed by atoms with Crippen molar-refractivity contribution in [2.24, 2.45) is 11.7 Å². The largest absolute Gasteiger partial charge is 0.481 e. The fraction of sp³-hybridized carbons (Fsp3) is 0.545. The zero-order valence-electron chi connectivity index (χ0n) is 8.69. The van der Waals surface area contributed by atoms with Crippen molar-refractivity contribution in [2.45, 2.75) is 25.7 Å². The predicted octanol–water partition coefficient (Wildman–Crippen LogP) is 2.12. The highest BCUT2D eigenvalue weighted by Crippen LogP contribution is 2.19. The van der Waals surface area contributed by atoms with E-state index in [0.717, 1.165) is 24.1 Å². The Labute approximate surface area is 93.9 Å². The number of rotatable bonds is 7. The molecule has 0 spiro atoms. The summed E-state index contributed by atoms with van der Waals surface area (Å²) in [6, 6.07) is 3.95. The van der Waals surface area contributed by atoms with Gasteiger partial charge in [0.05, 0.1) is 5.92 Å². The highest BCUT2D eigenvalue weighted by atomic mass is 32.1. The maximum atomic E-state index is 11.0. The normalized spacial score (nSPS) is 12.6. The molecule has 4 heteroatoms. The summed E-state index contributed by atoms with van der Waals surface area (Å²) in [5.74, 6) is -0.948. The number of aliphatic carboxylic acids is 1. The zero-order chi connectivity index (χ0) is 11.1. The molecule has 3 nitrogen and oxygen atoms in total. The van der Waals surface area contributed by atoms with Crippen LogP contribution < -0.4 is 5.73 Å². The molecule has 0 saturated carbocycles. The van der Waals surface area contributed by atoms with Gasteiger partial charge in [0.25, 0.3) is 0 Å². The van der Waals surface area contributed by atoms with Crippen molar-refractivity contribution in [1.29, 1.82) is 0 Å². The highest BCUT2D eigenvalue weighted by Gasteiger charge is 2.17. The smallest absolute Gasteiger partial charge is 0.306 e. The van der Waals surface area contributed by atoms with Gasteiger partial charge in [0.1, 0.15) is 0 Å². The van der Waals surface area contributed by atoms with E-state index in [-0.39, 0.29) is 5.92 Å². The molecule has 15 heavy (non-hydrogen) atoms. The third-order valence-electron chi connectivity index (χ3n) is 2.38. The minimum absolute atomic E-state index is 0.254. The molecule has 84 valence electrons. The van der Waals surface area contributed by atoms with Crippen molar-refractivity contribution in [3.63, 3.8) is 0 Å². The Morgan fingerprint density at radius 3 is 2.87 bits per heavy atom. The van der Waals surface area contributed by atoms with Crippen molar-refractivity contribution < 1.29 is 9.90 Å². The summed E-state index contributed by atoms with van der Waals surface area (Å²) in [5.41, 5.74) is 5.38. The van der Waals surface area contributed by atoms with Crippen LogP contribution in [0.3, 0.4) is 0 Å². The number of hydrogen-bond acceptors (Lipinski definition) is 3. The van der Waals surface area contributed by atoms with E-state index in [1.54, 1.807) is 11.3 Å². The fourth-order valence-corrected chi connectivity index (χ4v) is 2.31. The van der Waals surface area contributed by atoms with Gasteiger partial charge in [0, 0.05) is 4.88 Å². The lowest BCUT2D eigenvalue weighted by molar-refractivity contribution is -0.141. The third kappa shape index (κ3) is 4.44. The second kappa shape index (κ2) is 6.58. The second-order valence-corrected chi connectivity index (χ2v) is 4.64. The molecule has 0 aromatic carbocycles. The number of unbranched alkanes of at least 4 members (excludes halogenated alkanes) is 1. The first-order chi connectivity index (χ1) is 7.24. The summed E-state index contributed by atoms with van der Waals surface area (Å²) in [5, 5.41) is 11.0. The van der Waals surface area contributed by atoms with E-state index < -0.39 is 5.97 Å². The molecule has 1 atom stereocenters. The summed E-state index contributed by atoms with van der Waals surface area (Å²) in [6.07, 6.45) is 3.19. The number of carbonyl (C=O) groups is 1. The summed E-state index contributed by atoms with van der Waals surface area (Å²) >= 11 is 1.62. The van der Waals surface area contributed by atoms with E-state index in [0.29, 0.717) is 13.0 Å². The molecule has 1 rings (SSSR count).